The second-order valence-electron chi connectivity index (χ2n) is 3.74. The van der Waals surface area contributed by atoms with Crippen LogP contribution in [0, 0.1) is 10.1 Å². The smallest absolute Gasteiger partial charge is 0.271 e. The SMILES string of the molecule is O=C(Nc1cc([N+](=O)[O-])ccc1Br)c1ccc(Cl)nc1. The normalized spacial score (nSPS) is 10.1. The summed E-state index contributed by atoms with van der Waals surface area (Å²) in [5, 5.41) is 13.6. The van der Waals surface area contributed by atoms with Gasteiger partial charge in [0.1, 0.15) is 5.15 Å². The van der Waals surface area contributed by atoms with E-state index in [9.17, 15) is 14.9 Å². The second-order valence-corrected chi connectivity index (χ2v) is 4.99. The molecule has 1 amide bonds. The molecule has 0 radical (unpaired) electrons. The first kappa shape index (κ1) is 14.4. The maximum atomic E-state index is 12.0. The molecule has 0 fully saturated rings. The van der Waals surface area contributed by atoms with Crippen LogP contribution in [0.1, 0.15) is 10.4 Å². The molecule has 8 heteroatoms. The van der Waals surface area contributed by atoms with Crippen LogP contribution in [0.5, 0.6) is 0 Å². The minimum Gasteiger partial charge on any atom is -0.321 e. The zero-order chi connectivity index (χ0) is 14.7. The van der Waals surface area contributed by atoms with Gasteiger partial charge in [-0.2, -0.15) is 0 Å². The van der Waals surface area contributed by atoms with Crippen LogP contribution < -0.4 is 5.32 Å². The number of halogens is 2. The van der Waals surface area contributed by atoms with E-state index in [1.807, 2.05) is 0 Å². The van der Waals surface area contributed by atoms with Gasteiger partial charge in [0.15, 0.2) is 0 Å². The molecule has 102 valence electrons. The fourth-order valence-electron chi connectivity index (χ4n) is 1.43. The number of hydrogen-bond acceptors (Lipinski definition) is 4. The molecule has 1 N–H and O–H groups in total. The molecule has 2 aromatic rings. The molecule has 0 unspecified atom stereocenters. The number of amides is 1. The van der Waals surface area contributed by atoms with Crippen LogP contribution >= 0.6 is 27.5 Å². The van der Waals surface area contributed by atoms with Crippen LogP contribution in [-0.4, -0.2) is 15.8 Å². The van der Waals surface area contributed by atoms with Crippen molar-refractivity contribution in [1.82, 2.24) is 4.98 Å². The Hall–Kier alpha value is -1.99. The standard InChI is InChI=1S/C12H7BrClN3O3/c13-9-3-2-8(17(19)20)5-10(9)16-12(18)7-1-4-11(14)15-6-7/h1-6H,(H,16,18). The molecule has 1 aromatic carbocycles. The Morgan fingerprint density at radius 1 is 1.35 bits per heavy atom. The molecule has 1 heterocycles. The van der Waals surface area contributed by atoms with Crippen molar-refractivity contribution >= 4 is 44.8 Å². The molecule has 6 nitrogen and oxygen atoms in total. The number of rotatable bonds is 3. The lowest BCUT2D eigenvalue weighted by atomic mass is 10.2. The molecule has 0 atom stereocenters. The summed E-state index contributed by atoms with van der Waals surface area (Å²) in [6, 6.07) is 7.09. The molecular formula is C12H7BrClN3O3. The molecule has 20 heavy (non-hydrogen) atoms. The van der Waals surface area contributed by atoms with Gasteiger partial charge in [-0.1, -0.05) is 11.6 Å². The number of carbonyl (C=O) groups excluding carboxylic acids is 1. The van der Waals surface area contributed by atoms with Crippen LogP contribution in [0.4, 0.5) is 11.4 Å². The average Bonchev–Trinajstić information content (AvgIpc) is 2.41. The molecule has 0 aliphatic heterocycles. The number of anilines is 1. The number of nitro benzene ring substituents is 1. The largest absolute Gasteiger partial charge is 0.321 e. The van der Waals surface area contributed by atoms with Gasteiger partial charge in [0.2, 0.25) is 0 Å². The maximum absolute atomic E-state index is 12.0. The Labute approximate surface area is 127 Å². The van der Waals surface area contributed by atoms with Crippen molar-refractivity contribution in [1.29, 1.82) is 0 Å². The van der Waals surface area contributed by atoms with Gasteiger partial charge in [-0.15, -0.1) is 0 Å². The van der Waals surface area contributed by atoms with Gasteiger partial charge in [-0.3, -0.25) is 14.9 Å². The number of non-ortho nitro benzene ring substituents is 1. The third-order valence-corrected chi connectivity index (χ3v) is 3.31. The lowest BCUT2D eigenvalue weighted by Gasteiger charge is -2.07. The number of nitrogens with one attached hydrogen (secondary N) is 1. The van der Waals surface area contributed by atoms with E-state index in [0.717, 1.165) is 0 Å². The van der Waals surface area contributed by atoms with Crippen LogP contribution in [-0.2, 0) is 0 Å². The number of nitro groups is 1. The van der Waals surface area contributed by atoms with E-state index in [-0.39, 0.29) is 10.8 Å². The summed E-state index contributed by atoms with van der Waals surface area (Å²) in [6.45, 7) is 0. The molecule has 2 rings (SSSR count). The van der Waals surface area contributed by atoms with Crippen molar-refractivity contribution in [2.24, 2.45) is 0 Å². The number of nitrogens with zero attached hydrogens (tertiary/aromatic N) is 2. The second kappa shape index (κ2) is 5.98. The Kier molecular flexibility index (Phi) is 4.31. The highest BCUT2D eigenvalue weighted by atomic mass is 79.9. The molecule has 0 saturated carbocycles. The fraction of sp³-hybridized carbons (Fsp3) is 0. The minimum atomic E-state index is -0.536. The van der Waals surface area contributed by atoms with Gasteiger partial charge < -0.3 is 5.32 Å². The predicted octanol–water partition coefficient (Wildman–Crippen LogP) is 3.66. The van der Waals surface area contributed by atoms with Gasteiger partial charge in [0.25, 0.3) is 11.6 Å². The van der Waals surface area contributed by atoms with E-state index in [1.165, 1.54) is 36.5 Å². The zero-order valence-electron chi connectivity index (χ0n) is 9.84. The number of carbonyl (C=O) groups is 1. The Balaban J connectivity index is 2.25. The molecule has 0 saturated heterocycles. The van der Waals surface area contributed by atoms with Crippen LogP contribution in [0.15, 0.2) is 41.0 Å². The summed E-state index contributed by atoms with van der Waals surface area (Å²) in [6.07, 6.45) is 1.32. The molecule has 0 bridgehead atoms. The summed E-state index contributed by atoms with van der Waals surface area (Å²) in [5.41, 5.74) is 0.490. The van der Waals surface area contributed by atoms with E-state index < -0.39 is 10.8 Å². The third-order valence-electron chi connectivity index (χ3n) is 2.40. The quantitative estimate of drug-likeness (QED) is 0.516. The van der Waals surface area contributed by atoms with E-state index >= 15 is 0 Å². The van der Waals surface area contributed by atoms with Crippen molar-refractivity contribution in [2.45, 2.75) is 0 Å². The first-order chi connectivity index (χ1) is 9.47. The van der Waals surface area contributed by atoms with Crippen molar-refractivity contribution in [3.63, 3.8) is 0 Å². The van der Waals surface area contributed by atoms with Crippen molar-refractivity contribution in [3.05, 3.63) is 61.8 Å². The molecule has 1 aromatic heterocycles. The van der Waals surface area contributed by atoms with E-state index in [1.54, 1.807) is 0 Å². The number of benzene rings is 1. The summed E-state index contributed by atoms with van der Waals surface area (Å²) in [4.78, 5) is 25.9. The molecule has 0 spiro atoms. The lowest BCUT2D eigenvalue weighted by molar-refractivity contribution is -0.384. The van der Waals surface area contributed by atoms with Crippen LogP contribution in [0.2, 0.25) is 5.15 Å². The van der Waals surface area contributed by atoms with Gasteiger partial charge >= 0.3 is 0 Å². The Bertz CT molecular complexity index is 676. The summed E-state index contributed by atoms with van der Waals surface area (Å²) >= 11 is 8.85. The monoisotopic (exact) mass is 355 g/mol. The third kappa shape index (κ3) is 3.31. The summed E-state index contributed by atoms with van der Waals surface area (Å²) < 4.78 is 0.540. The van der Waals surface area contributed by atoms with Gasteiger partial charge in [-0.25, -0.2) is 4.98 Å². The number of hydrogen-bond donors (Lipinski definition) is 1. The Morgan fingerprint density at radius 2 is 2.10 bits per heavy atom. The topological polar surface area (TPSA) is 85.1 Å². The maximum Gasteiger partial charge on any atom is 0.271 e. The Morgan fingerprint density at radius 3 is 2.70 bits per heavy atom. The van der Waals surface area contributed by atoms with Crippen molar-refractivity contribution < 1.29 is 9.72 Å². The van der Waals surface area contributed by atoms with E-state index in [2.05, 4.69) is 26.2 Å². The van der Waals surface area contributed by atoms with E-state index in [4.69, 9.17) is 11.6 Å². The number of aromatic nitrogens is 1. The molecule has 0 aliphatic rings. The molecule has 0 aliphatic carbocycles. The van der Waals surface area contributed by atoms with Crippen molar-refractivity contribution in [3.8, 4) is 0 Å². The highest BCUT2D eigenvalue weighted by Crippen LogP contribution is 2.27. The van der Waals surface area contributed by atoms with Crippen LogP contribution in [0.3, 0.4) is 0 Å². The zero-order valence-corrected chi connectivity index (χ0v) is 12.2. The minimum absolute atomic E-state index is 0.113. The van der Waals surface area contributed by atoms with Gasteiger partial charge in [0.05, 0.1) is 16.2 Å². The molecular weight excluding hydrogens is 350 g/mol. The van der Waals surface area contributed by atoms with Gasteiger partial charge in [-0.05, 0) is 34.1 Å². The van der Waals surface area contributed by atoms with E-state index in [0.29, 0.717) is 15.7 Å². The summed E-state index contributed by atoms with van der Waals surface area (Å²) in [7, 11) is 0. The predicted molar refractivity (Wildman–Crippen MR) is 78.0 cm³/mol. The first-order valence-corrected chi connectivity index (χ1v) is 6.51. The average molecular weight is 357 g/mol. The highest BCUT2D eigenvalue weighted by Gasteiger charge is 2.13. The highest BCUT2D eigenvalue weighted by molar-refractivity contribution is 9.10. The van der Waals surface area contributed by atoms with Crippen LogP contribution in [0.25, 0.3) is 0 Å². The van der Waals surface area contributed by atoms with Crippen molar-refractivity contribution in [2.75, 3.05) is 5.32 Å². The lowest BCUT2D eigenvalue weighted by Crippen LogP contribution is -2.12. The summed E-state index contributed by atoms with van der Waals surface area (Å²) in [5.74, 6) is -0.435. The van der Waals surface area contributed by atoms with Gasteiger partial charge in [0, 0.05) is 22.8 Å². The number of pyridine rings is 1. The first-order valence-electron chi connectivity index (χ1n) is 5.34. The fourth-order valence-corrected chi connectivity index (χ4v) is 1.88.